The van der Waals surface area contributed by atoms with Crippen LogP contribution in [0.1, 0.15) is 36.9 Å². The van der Waals surface area contributed by atoms with Crippen LogP contribution in [0.5, 0.6) is 0 Å². The zero-order valence-electron chi connectivity index (χ0n) is 12.8. The van der Waals surface area contributed by atoms with E-state index >= 15 is 0 Å². The molecule has 3 heterocycles. The molecule has 0 aliphatic rings. The number of nitrogens with zero attached hydrogens (tertiary/aromatic N) is 4. The Labute approximate surface area is 132 Å². The molecule has 0 unspecified atom stereocenters. The van der Waals surface area contributed by atoms with Gasteiger partial charge in [-0.1, -0.05) is 19.0 Å². The smallest absolute Gasteiger partial charge is 0.258 e. The van der Waals surface area contributed by atoms with E-state index in [2.05, 4.69) is 28.9 Å². The molecule has 0 spiro atoms. The number of fused-ring (bicyclic) bond motifs is 1. The summed E-state index contributed by atoms with van der Waals surface area (Å²) in [6, 6.07) is 3.56. The number of thiazole rings is 1. The molecule has 0 bridgehead atoms. The van der Waals surface area contributed by atoms with E-state index in [1.807, 2.05) is 18.5 Å². The lowest BCUT2D eigenvalue weighted by Crippen LogP contribution is -2.20. The quantitative estimate of drug-likeness (QED) is 0.723. The van der Waals surface area contributed by atoms with Gasteiger partial charge in [0.15, 0.2) is 10.7 Å². The Balaban J connectivity index is 1.72. The fraction of sp³-hybridized carbons (Fsp3) is 0.400. The molecular formula is C15H18N4O2S. The van der Waals surface area contributed by atoms with Crippen LogP contribution in [0, 0.1) is 0 Å². The fourth-order valence-corrected chi connectivity index (χ4v) is 2.98. The van der Waals surface area contributed by atoms with Crippen LogP contribution in [0.15, 0.2) is 33.0 Å². The minimum absolute atomic E-state index is 0.0450. The molecule has 0 aliphatic carbocycles. The molecule has 116 valence electrons. The first-order chi connectivity index (χ1) is 10.5. The monoisotopic (exact) mass is 318 g/mol. The van der Waals surface area contributed by atoms with E-state index in [0.29, 0.717) is 19.0 Å². The van der Waals surface area contributed by atoms with Crippen molar-refractivity contribution < 1.29 is 4.52 Å². The Morgan fingerprint density at radius 3 is 2.91 bits per heavy atom. The van der Waals surface area contributed by atoms with Crippen molar-refractivity contribution in [2.75, 3.05) is 7.05 Å². The molecule has 6 nitrogen and oxygen atoms in total. The second-order valence-corrected chi connectivity index (χ2v) is 6.56. The van der Waals surface area contributed by atoms with Crippen molar-refractivity contribution in [3.63, 3.8) is 0 Å². The molecule has 0 amide bonds. The summed E-state index contributed by atoms with van der Waals surface area (Å²) in [5.41, 5.74) is 1.68. The minimum Gasteiger partial charge on any atom is -0.360 e. The molecule has 0 aliphatic heterocycles. The predicted molar refractivity (Wildman–Crippen MR) is 85.1 cm³/mol. The van der Waals surface area contributed by atoms with Gasteiger partial charge >= 0.3 is 0 Å². The lowest BCUT2D eigenvalue weighted by Gasteiger charge is -2.13. The van der Waals surface area contributed by atoms with E-state index in [4.69, 9.17) is 4.52 Å². The van der Waals surface area contributed by atoms with Gasteiger partial charge in [-0.2, -0.15) is 0 Å². The van der Waals surface area contributed by atoms with E-state index in [-0.39, 0.29) is 5.56 Å². The Morgan fingerprint density at radius 1 is 1.36 bits per heavy atom. The van der Waals surface area contributed by atoms with Gasteiger partial charge in [0.1, 0.15) is 0 Å². The van der Waals surface area contributed by atoms with Gasteiger partial charge in [-0.05, 0) is 13.0 Å². The fourth-order valence-electron chi connectivity index (χ4n) is 2.24. The van der Waals surface area contributed by atoms with Gasteiger partial charge in [0.25, 0.3) is 5.56 Å². The lowest BCUT2D eigenvalue weighted by atomic mass is 10.1. The van der Waals surface area contributed by atoms with Gasteiger partial charge in [-0.3, -0.25) is 14.1 Å². The van der Waals surface area contributed by atoms with E-state index in [1.165, 1.54) is 11.3 Å². The third-order valence-corrected chi connectivity index (χ3v) is 4.14. The summed E-state index contributed by atoms with van der Waals surface area (Å²) in [7, 11) is 1.97. The van der Waals surface area contributed by atoms with Gasteiger partial charge < -0.3 is 4.52 Å². The summed E-state index contributed by atoms with van der Waals surface area (Å²) in [5, 5.41) is 5.92. The molecule has 22 heavy (non-hydrogen) atoms. The normalized spacial score (nSPS) is 11.9. The van der Waals surface area contributed by atoms with Crippen LogP contribution in [0.25, 0.3) is 4.96 Å². The van der Waals surface area contributed by atoms with Crippen LogP contribution in [0.3, 0.4) is 0 Å². The topological polar surface area (TPSA) is 63.6 Å². The van der Waals surface area contributed by atoms with Gasteiger partial charge in [0.2, 0.25) is 0 Å². The van der Waals surface area contributed by atoms with Crippen LogP contribution in [0.2, 0.25) is 0 Å². The van der Waals surface area contributed by atoms with Gasteiger partial charge in [-0.15, -0.1) is 11.3 Å². The van der Waals surface area contributed by atoms with Crippen LogP contribution >= 0.6 is 11.3 Å². The van der Waals surface area contributed by atoms with Crippen molar-refractivity contribution in [2.24, 2.45) is 0 Å². The molecule has 3 aromatic heterocycles. The Bertz CT molecular complexity index is 833. The molecule has 0 N–H and O–H groups in total. The molecule has 3 aromatic rings. The Morgan fingerprint density at radius 2 is 2.18 bits per heavy atom. The Hall–Kier alpha value is -1.99. The largest absolute Gasteiger partial charge is 0.360 e. The molecular weight excluding hydrogens is 300 g/mol. The molecule has 0 saturated heterocycles. The van der Waals surface area contributed by atoms with Gasteiger partial charge in [0.05, 0.1) is 17.9 Å². The molecule has 0 saturated carbocycles. The third-order valence-electron chi connectivity index (χ3n) is 3.38. The third kappa shape index (κ3) is 3.10. The number of aromatic nitrogens is 3. The van der Waals surface area contributed by atoms with E-state index < -0.39 is 0 Å². The highest BCUT2D eigenvalue weighted by molar-refractivity contribution is 7.15. The summed E-state index contributed by atoms with van der Waals surface area (Å²) < 4.78 is 6.90. The maximum Gasteiger partial charge on any atom is 0.258 e. The van der Waals surface area contributed by atoms with Crippen molar-refractivity contribution in [3.05, 3.63) is 51.2 Å². The first kappa shape index (κ1) is 14.9. The van der Waals surface area contributed by atoms with Crippen LogP contribution in [-0.4, -0.2) is 26.5 Å². The van der Waals surface area contributed by atoms with Crippen molar-refractivity contribution >= 4 is 16.3 Å². The van der Waals surface area contributed by atoms with Gasteiger partial charge in [0, 0.05) is 30.3 Å². The summed E-state index contributed by atoms with van der Waals surface area (Å²) in [4.78, 5) is 19.2. The standard InChI is InChI=1S/C15H18N4O2S/c1-10(2)13-7-12(21-17-13)9-18(3)8-11-6-14(20)19-4-5-22-15(19)16-11/h4-7,10H,8-9H2,1-3H3. The average Bonchev–Trinajstić information content (AvgIpc) is 3.07. The second kappa shape index (κ2) is 6.02. The number of rotatable bonds is 5. The lowest BCUT2D eigenvalue weighted by molar-refractivity contribution is 0.263. The predicted octanol–water partition coefficient (Wildman–Crippen LogP) is 2.50. The van der Waals surface area contributed by atoms with Crippen LogP contribution < -0.4 is 5.56 Å². The van der Waals surface area contributed by atoms with Crippen molar-refractivity contribution in [3.8, 4) is 0 Å². The maximum atomic E-state index is 12.0. The summed E-state index contributed by atoms with van der Waals surface area (Å²) in [6.45, 7) is 5.38. The molecule has 0 aromatic carbocycles. The van der Waals surface area contributed by atoms with Gasteiger partial charge in [-0.25, -0.2) is 4.98 Å². The second-order valence-electron chi connectivity index (χ2n) is 5.69. The maximum absolute atomic E-state index is 12.0. The zero-order chi connectivity index (χ0) is 15.7. The first-order valence-electron chi connectivity index (χ1n) is 7.13. The number of hydrogen-bond donors (Lipinski definition) is 0. The van der Waals surface area contributed by atoms with Crippen molar-refractivity contribution in [1.82, 2.24) is 19.4 Å². The first-order valence-corrected chi connectivity index (χ1v) is 8.00. The average molecular weight is 318 g/mol. The summed E-state index contributed by atoms with van der Waals surface area (Å²) in [6.07, 6.45) is 1.74. The van der Waals surface area contributed by atoms with Crippen molar-refractivity contribution in [2.45, 2.75) is 32.9 Å². The highest BCUT2D eigenvalue weighted by atomic mass is 32.1. The SMILES string of the molecule is CC(C)c1cc(CN(C)Cc2cc(=O)n3ccsc3n2)on1. The molecule has 0 atom stereocenters. The highest BCUT2D eigenvalue weighted by Gasteiger charge is 2.11. The summed E-state index contributed by atoms with van der Waals surface area (Å²) in [5.74, 6) is 1.17. The molecule has 0 fully saturated rings. The van der Waals surface area contributed by atoms with E-state index in [1.54, 1.807) is 16.7 Å². The molecule has 0 radical (unpaired) electrons. The highest BCUT2D eigenvalue weighted by Crippen LogP contribution is 2.15. The number of hydrogen-bond acceptors (Lipinski definition) is 6. The minimum atomic E-state index is -0.0450. The summed E-state index contributed by atoms with van der Waals surface area (Å²) >= 11 is 1.46. The van der Waals surface area contributed by atoms with E-state index in [9.17, 15) is 4.79 Å². The zero-order valence-corrected chi connectivity index (χ0v) is 13.6. The molecule has 3 rings (SSSR count). The Kier molecular flexibility index (Phi) is 4.08. The van der Waals surface area contributed by atoms with Crippen LogP contribution in [-0.2, 0) is 13.1 Å². The van der Waals surface area contributed by atoms with Crippen molar-refractivity contribution in [1.29, 1.82) is 0 Å². The van der Waals surface area contributed by atoms with E-state index in [0.717, 1.165) is 22.1 Å². The van der Waals surface area contributed by atoms with Crippen LogP contribution in [0.4, 0.5) is 0 Å². The molecule has 7 heteroatoms.